The minimum atomic E-state index is -0.312. The van der Waals surface area contributed by atoms with Crippen LogP contribution >= 0.6 is 11.3 Å². The molecule has 1 atom stereocenters. The van der Waals surface area contributed by atoms with Gasteiger partial charge in [0, 0.05) is 47.8 Å². The van der Waals surface area contributed by atoms with Crippen molar-refractivity contribution < 1.29 is 0 Å². The maximum absolute atomic E-state index is 5.43. The summed E-state index contributed by atoms with van der Waals surface area (Å²) in [5.41, 5.74) is 13.5. The van der Waals surface area contributed by atoms with Crippen LogP contribution in [0.5, 0.6) is 0 Å². The number of fused-ring (bicyclic) bond motifs is 7. The first kappa shape index (κ1) is 31.8. The van der Waals surface area contributed by atoms with Gasteiger partial charge >= 0.3 is 0 Å². The molecule has 2 heterocycles. The predicted molar refractivity (Wildman–Crippen MR) is 232 cm³/mol. The van der Waals surface area contributed by atoms with Crippen LogP contribution in [0.3, 0.4) is 0 Å². The molecule has 0 amide bonds. The number of aromatic nitrogens is 2. The molecule has 0 radical (unpaired) electrons. The third-order valence-electron chi connectivity index (χ3n) is 11.6. The molecular weight excluding hydrogens is 685 g/mol. The topological polar surface area (TPSA) is 25.8 Å². The van der Waals surface area contributed by atoms with E-state index in [1.54, 1.807) is 0 Å². The molecule has 2 aromatic heterocycles. The van der Waals surface area contributed by atoms with Crippen molar-refractivity contribution in [1.82, 2.24) is 9.97 Å². The van der Waals surface area contributed by atoms with Gasteiger partial charge in [-0.25, -0.2) is 9.97 Å². The monoisotopic (exact) mass is 718 g/mol. The fourth-order valence-electron chi connectivity index (χ4n) is 8.91. The Morgan fingerprint density at radius 3 is 1.93 bits per heavy atom. The molecule has 8 aromatic carbocycles. The Hall–Kier alpha value is -6.68. The van der Waals surface area contributed by atoms with Gasteiger partial charge in [-0.1, -0.05) is 170 Å². The van der Waals surface area contributed by atoms with Gasteiger partial charge in [0.15, 0.2) is 5.82 Å². The smallest absolute Gasteiger partial charge is 0.161 e. The number of rotatable bonds is 5. The lowest BCUT2D eigenvalue weighted by Gasteiger charge is -2.28. The number of benzene rings is 8. The molecule has 1 unspecified atom stereocenters. The van der Waals surface area contributed by atoms with Crippen molar-refractivity contribution >= 4 is 42.3 Å². The molecule has 55 heavy (non-hydrogen) atoms. The van der Waals surface area contributed by atoms with Crippen molar-refractivity contribution in [2.75, 3.05) is 0 Å². The number of thiophene rings is 1. The van der Waals surface area contributed by atoms with Gasteiger partial charge in [-0.15, -0.1) is 11.3 Å². The molecule has 0 N–H and O–H groups in total. The van der Waals surface area contributed by atoms with E-state index >= 15 is 0 Å². The SMILES string of the molecule is CC1(c2ccccc2)c2ccccc2-c2ccc(-c3cc(-c4ccccc4-c4cccc5c4sc4ccccc45)nc(-c4cccc5ccccc45)n3)cc21. The van der Waals surface area contributed by atoms with E-state index in [-0.39, 0.29) is 5.41 Å². The van der Waals surface area contributed by atoms with E-state index in [0.717, 1.165) is 39.0 Å². The van der Waals surface area contributed by atoms with E-state index < -0.39 is 0 Å². The highest BCUT2D eigenvalue weighted by Gasteiger charge is 2.40. The maximum atomic E-state index is 5.43. The molecule has 2 nitrogen and oxygen atoms in total. The minimum Gasteiger partial charge on any atom is -0.228 e. The maximum Gasteiger partial charge on any atom is 0.161 e. The van der Waals surface area contributed by atoms with Gasteiger partial charge in [0.1, 0.15) is 0 Å². The second-order valence-electron chi connectivity index (χ2n) is 14.6. The highest BCUT2D eigenvalue weighted by molar-refractivity contribution is 7.26. The number of nitrogens with zero attached hydrogens (tertiary/aromatic N) is 2. The quantitative estimate of drug-likeness (QED) is 0.177. The first-order chi connectivity index (χ1) is 27.1. The van der Waals surface area contributed by atoms with Crippen molar-refractivity contribution in [2.45, 2.75) is 12.3 Å². The van der Waals surface area contributed by atoms with Crippen molar-refractivity contribution in [1.29, 1.82) is 0 Å². The molecule has 0 saturated heterocycles. The van der Waals surface area contributed by atoms with Crippen LogP contribution in [0.25, 0.3) is 87.1 Å². The van der Waals surface area contributed by atoms with Crippen LogP contribution in [0, 0.1) is 0 Å². The number of hydrogen-bond donors (Lipinski definition) is 0. The molecular formula is C52H34N2S. The van der Waals surface area contributed by atoms with Crippen LogP contribution in [-0.2, 0) is 5.41 Å². The van der Waals surface area contributed by atoms with Gasteiger partial charge in [0.25, 0.3) is 0 Å². The van der Waals surface area contributed by atoms with Gasteiger partial charge in [0.2, 0.25) is 0 Å². The lowest BCUT2D eigenvalue weighted by atomic mass is 9.74. The first-order valence-electron chi connectivity index (χ1n) is 18.8. The molecule has 258 valence electrons. The summed E-state index contributed by atoms with van der Waals surface area (Å²) in [5.74, 6) is 0.716. The summed E-state index contributed by atoms with van der Waals surface area (Å²) in [7, 11) is 0. The van der Waals surface area contributed by atoms with E-state index in [9.17, 15) is 0 Å². The third-order valence-corrected chi connectivity index (χ3v) is 12.8. The highest BCUT2D eigenvalue weighted by atomic mass is 32.1. The Kier molecular flexibility index (Phi) is 7.20. The van der Waals surface area contributed by atoms with Crippen LogP contribution in [0.2, 0.25) is 0 Å². The van der Waals surface area contributed by atoms with E-state index in [1.807, 2.05) is 11.3 Å². The summed E-state index contributed by atoms with van der Waals surface area (Å²) in [4.78, 5) is 10.8. The van der Waals surface area contributed by atoms with Crippen LogP contribution in [0.1, 0.15) is 23.6 Å². The van der Waals surface area contributed by atoms with Crippen molar-refractivity contribution in [3.05, 3.63) is 205 Å². The average molecular weight is 719 g/mol. The Bertz CT molecular complexity index is 3120. The van der Waals surface area contributed by atoms with Crippen LogP contribution < -0.4 is 0 Å². The largest absolute Gasteiger partial charge is 0.228 e. The third kappa shape index (κ3) is 4.94. The predicted octanol–water partition coefficient (Wildman–Crippen LogP) is 14.0. The Labute approximate surface area is 324 Å². The van der Waals surface area contributed by atoms with Gasteiger partial charge < -0.3 is 0 Å². The summed E-state index contributed by atoms with van der Waals surface area (Å²) in [6.45, 7) is 2.37. The Morgan fingerprint density at radius 2 is 1.04 bits per heavy atom. The second-order valence-corrected chi connectivity index (χ2v) is 15.7. The van der Waals surface area contributed by atoms with E-state index in [0.29, 0.717) is 5.82 Å². The van der Waals surface area contributed by atoms with Crippen molar-refractivity contribution in [3.63, 3.8) is 0 Å². The van der Waals surface area contributed by atoms with Crippen LogP contribution in [0.4, 0.5) is 0 Å². The molecule has 11 rings (SSSR count). The normalized spacial score (nSPS) is 14.7. The molecule has 0 spiro atoms. The standard InChI is InChI=1S/C52H34N2S/c1-52(35-17-3-2-4-18-35)45-27-11-9-21-38(45)39-30-29-34(31-46(39)52)47-32-48(54-51(53-47)44-26-13-16-33-15-5-6-19-36(33)44)40-22-8-7-20-37(40)42-24-14-25-43-41-23-10-12-28-49(41)55-50(42)43/h2-32H,1H3. The van der Waals surface area contributed by atoms with Gasteiger partial charge in [-0.05, 0) is 69.3 Å². The molecule has 0 saturated carbocycles. The molecule has 0 fully saturated rings. The fraction of sp³-hybridized carbons (Fsp3) is 0.0385. The van der Waals surface area contributed by atoms with Crippen molar-refractivity contribution in [3.8, 4) is 56.2 Å². The highest BCUT2D eigenvalue weighted by Crippen LogP contribution is 2.53. The lowest BCUT2D eigenvalue weighted by Crippen LogP contribution is -2.22. The summed E-state index contributed by atoms with van der Waals surface area (Å²) < 4.78 is 2.59. The minimum absolute atomic E-state index is 0.312. The lowest BCUT2D eigenvalue weighted by molar-refractivity contribution is 0.714. The number of hydrogen-bond acceptors (Lipinski definition) is 3. The molecule has 1 aliphatic rings. The van der Waals surface area contributed by atoms with E-state index in [4.69, 9.17) is 9.97 Å². The van der Waals surface area contributed by atoms with Gasteiger partial charge in [-0.2, -0.15) is 0 Å². The Morgan fingerprint density at radius 1 is 0.418 bits per heavy atom. The fourth-order valence-corrected chi connectivity index (χ4v) is 10.1. The molecule has 1 aliphatic carbocycles. The summed E-state index contributed by atoms with van der Waals surface area (Å²) in [6, 6.07) is 68.0. The summed E-state index contributed by atoms with van der Waals surface area (Å²) in [5, 5.41) is 4.89. The molecule has 10 aromatic rings. The van der Waals surface area contributed by atoms with Gasteiger partial charge in [0.05, 0.1) is 11.4 Å². The average Bonchev–Trinajstić information content (AvgIpc) is 3.77. The first-order valence-corrected chi connectivity index (χ1v) is 19.6. The summed E-state index contributed by atoms with van der Waals surface area (Å²) in [6.07, 6.45) is 0. The molecule has 3 heteroatoms. The molecule has 0 aliphatic heterocycles. The summed E-state index contributed by atoms with van der Waals surface area (Å²) >= 11 is 1.86. The van der Waals surface area contributed by atoms with Gasteiger partial charge in [-0.3, -0.25) is 0 Å². The van der Waals surface area contributed by atoms with Crippen LogP contribution in [0.15, 0.2) is 188 Å². The zero-order chi connectivity index (χ0) is 36.5. The van der Waals surface area contributed by atoms with Crippen LogP contribution in [-0.4, -0.2) is 9.97 Å². The van der Waals surface area contributed by atoms with E-state index in [2.05, 4.69) is 195 Å². The zero-order valence-corrected chi connectivity index (χ0v) is 31.0. The zero-order valence-electron chi connectivity index (χ0n) is 30.2. The van der Waals surface area contributed by atoms with E-state index in [1.165, 1.54) is 58.9 Å². The second kappa shape index (κ2) is 12.4. The molecule has 0 bridgehead atoms. The van der Waals surface area contributed by atoms with Crippen molar-refractivity contribution in [2.24, 2.45) is 0 Å². The Balaban J connectivity index is 1.15.